The number of likely N-dealkylation sites (tertiary alicyclic amines) is 4. The third-order valence-corrected chi connectivity index (χ3v) is 5.58. The first-order chi connectivity index (χ1) is 8.54. The van der Waals surface area contributed by atoms with Crippen molar-refractivity contribution in [1.29, 1.82) is 0 Å². The molecule has 0 N–H and O–H groups in total. The highest BCUT2D eigenvalue weighted by Gasteiger charge is 2.39. The zero-order valence-corrected chi connectivity index (χ0v) is 12.3. The van der Waals surface area contributed by atoms with Gasteiger partial charge in [0.25, 0.3) is 0 Å². The minimum atomic E-state index is 0.875. The molecule has 4 atom stereocenters. The van der Waals surface area contributed by atoms with Crippen LogP contribution in [-0.2, 0) is 0 Å². The van der Waals surface area contributed by atoms with Gasteiger partial charge in [0.1, 0.15) is 0 Å². The van der Waals surface area contributed by atoms with Crippen LogP contribution in [0.5, 0.6) is 0 Å². The van der Waals surface area contributed by atoms with Gasteiger partial charge in [-0.05, 0) is 41.0 Å². The lowest BCUT2D eigenvalue weighted by Gasteiger charge is -2.28. The van der Waals surface area contributed by atoms with Gasteiger partial charge in [0.2, 0.25) is 0 Å². The van der Waals surface area contributed by atoms with E-state index in [0.717, 1.165) is 24.2 Å². The Bertz CT molecular complexity index is 242. The Morgan fingerprint density at radius 2 is 0.722 bits per heavy atom. The molecule has 4 aliphatic rings. The standard InChI is InChI=1S/2C7H14N2/c2*1-8-4-7-3-6(8)5-9(7)2/h2*6-7H,3-5H2,1-2H3. The fourth-order valence-corrected chi connectivity index (χ4v) is 4.13. The number of hydrogen-bond donors (Lipinski definition) is 0. The first-order valence-corrected chi connectivity index (χ1v) is 7.35. The molecule has 4 heteroatoms. The molecule has 104 valence electrons. The molecular formula is C14H28N4. The van der Waals surface area contributed by atoms with Crippen molar-refractivity contribution in [3.63, 3.8) is 0 Å². The van der Waals surface area contributed by atoms with E-state index in [0.29, 0.717) is 0 Å². The van der Waals surface area contributed by atoms with Gasteiger partial charge < -0.3 is 19.6 Å². The predicted molar refractivity (Wildman–Crippen MR) is 74.9 cm³/mol. The Morgan fingerprint density at radius 1 is 0.500 bits per heavy atom. The van der Waals surface area contributed by atoms with E-state index in [9.17, 15) is 0 Å². The summed E-state index contributed by atoms with van der Waals surface area (Å²) in [6.45, 7) is 5.17. The molecule has 0 aromatic carbocycles. The first-order valence-electron chi connectivity index (χ1n) is 7.35. The summed E-state index contributed by atoms with van der Waals surface area (Å²) in [5.74, 6) is 0. The minimum Gasteiger partial charge on any atom is -0.301 e. The number of fused-ring (bicyclic) bond motifs is 4. The van der Waals surface area contributed by atoms with Crippen molar-refractivity contribution < 1.29 is 0 Å². The van der Waals surface area contributed by atoms with Gasteiger partial charge in [-0.25, -0.2) is 0 Å². The molecular weight excluding hydrogens is 224 g/mol. The predicted octanol–water partition coefficient (Wildman–Crippen LogP) is 0.00900. The van der Waals surface area contributed by atoms with Crippen molar-refractivity contribution >= 4 is 0 Å². The number of hydrogen-bond acceptors (Lipinski definition) is 4. The molecule has 0 saturated carbocycles. The second-order valence-corrected chi connectivity index (χ2v) is 6.84. The number of rotatable bonds is 0. The second kappa shape index (κ2) is 4.75. The Labute approximate surface area is 112 Å². The maximum absolute atomic E-state index is 2.48. The van der Waals surface area contributed by atoms with Gasteiger partial charge in [-0.15, -0.1) is 0 Å². The second-order valence-electron chi connectivity index (χ2n) is 6.84. The van der Waals surface area contributed by atoms with Crippen molar-refractivity contribution in [1.82, 2.24) is 19.6 Å². The van der Waals surface area contributed by atoms with Gasteiger partial charge in [-0.3, -0.25) is 0 Å². The lowest BCUT2D eigenvalue weighted by Crippen LogP contribution is -2.42. The van der Waals surface area contributed by atoms with Gasteiger partial charge in [0.05, 0.1) is 0 Å². The van der Waals surface area contributed by atoms with E-state index in [-0.39, 0.29) is 0 Å². The fraction of sp³-hybridized carbons (Fsp3) is 1.00. The van der Waals surface area contributed by atoms with E-state index in [1.54, 1.807) is 0 Å². The molecule has 0 spiro atoms. The average Bonchev–Trinajstić information content (AvgIpc) is 3.00. The zero-order chi connectivity index (χ0) is 12.9. The van der Waals surface area contributed by atoms with E-state index >= 15 is 0 Å². The lowest BCUT2D eigenvalue weighted by atomic mass is 10.2. The molecule has 4 nitrogen and oxygen atoms in total. The lowest BCUT2D eigenvalue weighted by molar-refractivity contribution is 0.176. The van der Waals surface area contributed by atoms with Crippen LogP contribution in [0.1, 0.15) is 12.8 Å². The molecule has 0 aromatic heterocycles. The highest BCUT2D eigenvalue weighted by Crippen LogP contribution is 2.27. The number of nitrogens with zero attached hydrogens (tertiary/aromatic N) is 4. The Kier molecular flexibility index (Phi) is 3.39. The van der Waals surface area contributed by atoms with Crippen LogP contribution >= 0.6 is 0 Å². The largest absolute Gasteiger partial charge is 0.301 e. The topological polar surface area (TPSA) is 13.0 Å². The summed E-state index contributed by atoms with van der Waals surface area (Å²) in [5, 5.41) is 0. The molecule has 4 bridgehead atoms. The molecule has 4 aliphatic heterocycles. The van der Waals surface area contributed by atoms with Crippen LogP contribution in [0.3, 0.4) is 0 Å². The van der Waals surface area contributed by atoms with Crippen molar-refractivity contribution in [2.24, 2.45) is 0 Å². The maximum atomic E-state index is 2.48. The van der Waals surface area contributed by atoms with Gasteiger partial charge in [0, 0.05) is 50.3 Å². The number of likely N-dealkylation sites (N-methyl/N-ethyl adjacent to an activating group) is 4. The van der Waals surface area contributed by atoms with E-state index in [2.05, 4.69) is 47.8 Å². The van der Waals surface area contributed by atoms with Gasteiger partial charge >= 0.3 is 0 Å². The first kappa shape index (κ1) is 12.9. The van der Waals surface area contributed by atoms with Crippen molar-refractivity contribution in [2.45, 2.75) is 37.0 Å². The third kappa shape index (κ3) is 2.20. The minimum absolute atomic E-state index is 0.875. The van der Waals surface area contributed by atoms with Gasteiger partial charge in [-0.1, -0.05) is 0 Å². The molecule has 4 fully saturated rings. The summed E-state index contributed by atoms with van der Waals surface area (Å²) in [6.07, 6.45) is 2.82. The van der Waals surface area contributed by atoms with Crippen LogP contribution in [0.15, 0.2) is 0 Å². The summed E-state index contributed by atoms with van der Waals surface area (Å²) in [4.78, 5) is 9.91. The summed E-state index contributed by atoms with van der Waals surface area (Å²) < 4.78 is 0. The van der Waals surface area contributed by atoms with E-state index in [4.69, 9.17) is 0 Å². The molecule has 4 rings (SSSR count). The molecule has 4 unspecified atom stereocenters. The van der Waals surface area contributed by atoms with Crippen LogP contribution in [0.2, 0.25) is 0 Å². The van der Waals surface area contributed by atoms with Crippen LogP contribution in [0, 0.1) is 0 Å². The molecule has 0 amide bonds. The molecule has 4 heterocycles. The molecule has 0 radical (unpaired) electrons. The van der Waals surface area contributed by atoms with Crippen molar-refractivity contribution in [2.75, 3.05) is 54.4 Å². The summed E-state index contributed by atoms with van der Waals surface area (Å²) >= 11 is 0. The van der Waals surface area contributed by atoms with Crippen molar-refractivity contribution in [3.8, 4) is 0 Å². The van der Waals surface area contributed by atoms with Gasteiger partial charge in [0.15, 0.2) is 0 Å². The summed E-state index contributed by atoms with van der Waals surface area (Å²) in [7, 11) is 8.94. The molecule has 18 heavy (non-hydrogen) atoms. The Morgan fingerprint density at radius 3 is 0.833 bits per heavy atom. The summed E-state index contributed by atoms with van der Waals surface area (Å²) in [5.41, 5.74) is 0. The fourth-order valence-electron chi connectivity index (χ4n) is 4.13. The van der Waals surface area contributed by atoms with E-state index in [1.165, 1.54) is 39.0 Å². The van der Waals surface area contributed by atoms with E-state index in [1.807, 2.05) is 0 Å². The SMILES string of the molecule is CN1CC2CC1CN2C.CN1CC2CC1CN2C. The average molecular weight is 252 g/mol. The highest BCUT2D eigenvalue weighted by molar-refractivity contribution is 4.97. The monoisotopic (exact) mass is 252 g/mol. The van der Waals surface area contributed by atoms with Crippen molar-refractivity contribution in [3.05, 3.63) is 0 Å². The smallest absolute Gasteiger partial charge is 0.0236 e. The number of piperazine rings is 2. The van der Waals surface area contributed by atoms with Crippen LogP contribution in [-0.4, -0.2) is 98.1 Å². The summed E-state index contributed by atoms with van der Waals surface area (Å²) in [6, 6.07) is 3.50. The zero-order valence-electron chi connectivity index (χ0n) is 12.3. The quantitative estimate of drug-likeness (QED) is 0.602. The Hall–Kier alpha value is -0.160. The van der Waals surface area contributed by atoms with Crippen LogP contribution in [0.25, 0.3) is 0 Å². The normalized spacial score (nSPS) is 44.7. The molecule has 0 aromatic rings. The Balaban J connectivity index is 0.000000111. The molecule has 4 saturated heterocycles. The van der Waals surface area contributed by atoms with Gasteiger partial charge in [-0.2, -0.15) is 0 Å². The van der Waals surface area contributed by atoms with E-state index < -0.39 is 0 Å². The highest BCUT2D eigenvalue weighted by atomic mass is 15.3. The molecule has 0 aliphatic carbocycles. The maximum Gasteiger partial charge on any atom is 0.0236 e. The third-order valence-electron chi connectivity index (χ3n) is 5.58. The van der Waals surface area contributed by atoms with Crippen LogP contribution < -0.4 is 0 Å². The van der Waals surface area contributed by atoms with Crippen LogP contribution in [0.4, 0.5) is 0 Å².